The van der Waals surface area contributed by atoms with Crippen LogP contribution in [0, 0.1) is 0 Å². The van der Waals surface area contributed by atoms with E-state index < -0.39 is 0 Å². The fourth-order valence-electron chi connectivity index (χ4n) is 7.40. The van der Waals surface area contributed by atoms with Crippen molar-refractivity contribution in [1.29, 1.82) is 0 Å². The molecule has 14 heteroatoms. The Morgan fingerprint density at radius 1 is 0.522 bits per heavy atom. The molecule has 6 N–H and O–H groups in total. The first-order valence-corrected chi connectivity index (χ1v) is 16.7. The molecule has 0 atom stereocenters. The van der Waals surface area contributed by atoms with Gasteiger partial charge in [-0.3, -0.25) is 0 Å². The molecule has 14 nitrogen and oxygen atoms in total. The number of nitrogens with zero attached hydrogens (tertiary/aromatic N) is 6. The van der Waals surface area contributed by atoms with Crippen molar-refractivity contribution in [2.24, 2.45) is 0 Å². The maximum atomic E-state index is 5.36. The van der Waals surface area contributed by atoms with Gasteiger partial charge in [-0.05, 0) is 93.9 Å². The lowest BCUT2D eigenvalue weighted by atomic mass is 9.79. The van der Waals surface area contributed by atoms with Crippen LogP contribution in [0.15, 0.2) is 0 Å². The summed E-state index contributed by atoms with van der Waals surface area (Å²) >= 11 is 0. The summed E-state index contributed by atoms with van der Waals surface area (Å²) in [7, 11) is 3.15. The van der Waals surface area contributed by atoms with Gasteiger partial charge in [-0.15, -0.1) is 0 Å². The number of rotatable bonds is 15. The Kier molecular flexibility index (Phi) is 11.3. The highest BCUT2D eigenvalue weighted by atomic mass is 16.5. The number of hydrogen-bond acceptors (Lipinski definition) is 14. The molecular formula is C32H58N12O2. The van der Waals surface area contributed by atoms with Crippen molar-refractivity contribution in [2.75, 3.05) is 48.6 Å². The highest BCUT2D eigenvalue weighted by Crippen LogP contribution is 2.31. The molecule has 0 aromatic carbocycles. The third kappa shape index (κ3) is 11.2. The van der Waals surface area contributed by atoms with Crippen LogP contribution in [0.2, 0.25) is 0 Å². The summed E-state index contributed by atoms with van der Waals surface area (Å²) < 4.78 is 10.7. The molecule has 0 spiro atoms. The van der Waals surface area contributed by atoms with Gasteiger partial charge in [-0.25, -0.2) is 0 Å². The number of aromatic nitrogens is 6. The van der Waals surface area contributed by atoms with Crippen LogP contribution in [-0.4, -0.2) is 91.5 Å². The van der Waals surface area contributed by atoms with E-state index in [9.17, 15) is 0 Å². The third-order valence-corrected chi connectivity index (χ3v) is 8.31. The van der Waals surface area contributed by atoms with Gasteiger partial charge in [0.05, 0.1) is 14.2 Å². The van der Waals surface area contributed by atoms with Crippen molar-refractivity contribution >= 4 is 23.8 Å². The van der Waals surface area contributed by atoms with Gasteiger partial charge in [0, 0.05) is 47.3 Å². The molecule has 46 heavy (non-hydrogen) atoms. The maximum absolute atomic E-state index is 5.36. The summed E-state index contributed by atoms with van der Waals surface area (Å²) in [6.45, 7) is 19.4. The van der Waals surface area contributed by atoms with Gasteiger partial charge in [0.15, 0.2) is 0 Å². The normalized spacial score (nSPS) is 20.5. The second kappa shape index (κ2) is 14.7. The summed E-state index contributed by atoms with van der Waals surface area (Å²) in [5, 5.41) is 21.2. The first-order valence-electron chi connectivity index (χ1n) is 16.7. The molecule has 0 bridgehead atoms. The number of anilines is 4. The fraction of sp³-hybridized carbons (Fsp3) is 0.812. The van der Waals surface area contributed by atoms with Crippen LogP contribution < -0.4 is 41.4 Å². The van der Waals surface area contributed by atoms with Crippen LogP contribution in [0.4, 0.5) is 23.8 Å². The Hall–Kier alpha value is -3.26. The van der Waals surface area contributed by atoms with Crippen LogP contribution in [0.25, 0.3) is 0 Å². The predicted molar refractivity (Wildman–Crippen MR) is 184 cm³/mol. The molecule has 2 fully saturated rings. The minimum Gasteiger partial charge on any atom is -0.467 e. The van der Waals surface area contributed by atoms with E-state index in [1.54, 1.807) is 14.2 Å². The smallest absolute Gasteiger partial charge is 0.322 e. The largest absolute Gasteiger partial charge is 0.467 e. The quantitative estimate of drug-likeness (QED) is 0.149. The molecule has 0 saturated carbocycles. The zero-order valence-corrected chi connectivity index (χ0v) is 29.7. The lowest BCUT2D eigenvalue weighted by Gasteiger charge is -2.46. The summed E-state index contributed by atoms with van der Waals surface area (Å²) in [6, 6.07) is 1.09. The van der Waals surface area contributed by atoms with E-state index >= 15 is 0 Å². The average molecular weight is 643 g/mol. The van der Waals surface area contributed by atoms with E-state index in [-0.39, 0.29) is 34.2 Å². The Bertz CT molecular complexity index is 1160. The minimum absolute atomic E-state index is 0.0213. The van der Waals surface area contributed by atoms with Gasteiger partial charge in [-0.1, -0.05) is 12.8 Å². The Labute approximate surface area is 275 Å². The van der Waals surface area contributed by atoms with Gasteiger partial charge in [0.25, 0.3) is 0 Å². The maximum Gasteiger partial charge on any atom is 0.322 e. The fourth-order valence-corrected chi connectivity index (χ4v) is 7.40. The molecule has 2 saturated heterocycles. The summed E-state index contributed by atoms with van der Waals surface area (Å²) in [4.78, 5) is 27.0. The number of nitrogens with one attached hydrogen (secondary N) is 6. The van der Waals surface area contributed by atoms with Gasteiger partial charge in [0.1, 0.15) is 0 Å². The Morgan fingerprint density at radius 3 is 1.17 bits per heavy atom. The van der Waals surface area contributed by atoms with Crippen LogP contribution in [0.3, 0.4) is 0 Å². The van der Waals surface area contributed by atoms with E-state index in [1.165, 1.54) is 0 Å². The molecule has 2 aliphatic rings. The van der Waals surface area contributed by atoms with Crippen LogP contribution in [-0.2, 0) is 0 Å². The molecule has 4 heterocycles. The van der Waals surface area contributed by atoms with Crippen molar-refractivity contribution in [3.05, 3.63) is 0 Å². The topological polar surface area (TPSA) is 168 Å². The predicted octanol–water partition coefficient (Wildman–Crippen LogP) is 4.60. The Morgan fingerprint density at radius 2 is 0.848 bits per heavy atom. The van der Waals surface area contributed by atoms with Crippen molar-refractivity contribution in [1.82, 2.24) is 40.5 Å². The number of piperidine rings is 2. The SMILES string of the molecule is COc1nc(NCCCCCCNc2nc(NC3CC(C)(C)NC(C)(C)C3)nc(OC)n2)nc(NC2CC(C)(C)NC(C)(C)C2)n1. The lowest BCUT2D eigenvalue weighted by molar-refractivity contribution is 0.169. The molecule has 0 amide bonds. The zero-order valence-electron chi connectivity index (χ0n) is 29.7. The van der Waals surface area contributed by atoms with Crippen LogP contribution in [0.5, 0.6) is 12.0 Å². The molecule has 258 valence electrons. The van der Waals surface area contributed by atoms with Crippen LogP contribution in [0.1, 0.15) is 107 Å². The van der Waals surface area contributed by atoms with E-state index in [2.05, 4.69) is 117 Å². The minimum atomic E-state index is 0.0213. The number of hydrogen-bond donors (Lipinski definition) is 6. The summed E-state index contributed by atoms with van der Waals surface area (Å²) in [5.74, 6) is 2.12. The number of methoxy groups -OCH3 is 2. The van der Waals surface area contributed by atoms with Crippen molar-refractivity contribution in [3.8, 4) is 12.0 Å². The summed E-state index contributed by atoms with van der Waals surface area (Å²) in [6.07, 6.45) is 7.99. The van der Waals surface area contributed by atoms with Crippen molar-refractivity contribution in [3.63, 3.8) is 0 Å². The highest BCUT2D eigenvalue weighted by Gasteiger charge is 2.39. The second-order valence-electron chi connectivity index (χ2n) is 15.5. The van der Waals surface area contributed by atoms with E-state index in [0.29, 0.717) is 35.8 Å². The third-order valence-electron chi connectivity index (χ3n) is 8.31. The van der Waals surface area contributed by atoms with Crippen LogP contribution >= 0.6 is 0 Å². The monoisotopic (exact) mass is 642 g/mol. The first-order chi connectivity index (χ1) is 21.5. The standard InChI is InChI=1S/C32H58N12O2/c1-29(2)17-21(18-30(3,4)43-29)35-25-37-23(39-27(41-25)45-9)33-15-13-11-12-14-16-34-24-38-26(42-28(40-24)46-10)36-22-19-31(5,6)44-32(7,8)20-22/h21-22,43-44H,11-20H2,1-10H3,(H2,33,35,37,39,41)(H2,34,36,38,40,42). The number of ether oxygens (including phenoxy) is 2. The van der Waals surface area contributed by atoms with Gasteiger partial charge in [-0.2, -0.15) is 29.9 Å². The average Bonchev–Trinajstić information content (AvgIpc) is 2.90. The second-order valence-corrected chi connectivity index (χ2v) is 15.5. The van der Waals surface area contributed by atoms with E-state index in [4.69, 9.17) is 9.47 Å². The van der Waals surface area contributed by atoms with Gasteiger partial charge >= 0.3 is 12.0 Å². The first kappa shape index (κ1) is 35.6. The molecule has 4 rings (SSSR count). The van der Waals surface area contributed by atoms with Crippen molar-refractivity contribution < 1.29 is 9.47 Å². The molecule has 2 aromatic heterocycles. The lowest BCUT2D eigenvalue weighted by Crippen LogP contribution is -2.60. The number of unbranched alkanes of at least 4 members (excludes halogenated alkanes) is 3. The molecule has 2 aromatic rings. The van der Waals surface area contributed by atoms with Gasteiger partial charge in [0.2, 0.25) is 23.8 Å². The molecule has 2 aliphatic heterocycles. The molecular weight excluding hydrogens is 584 g/mol. The zero-order chi connectivity index (χ0) is 33.6. The Balaban J connectivity index is 1.19. The van der Waals surface area contributed by atoms with E-state index in [1.807, 2.05) is 0 Å². The van der Waals surface area contributed by atoms with E-state index in [0.717, 1.165) is 64.5 Å². The van der Waals surface area contributed by atoms with Gasteiger partial charge < -0.3 is 41.4 Å². The molecule has 0 radical (unpaired) electrons. The highest BCUT2D eigenvalue weighted by molar-refractivity contribution is 5.38. The molecule has 0 aliphatic carbocycles. The summed E-state index contributed by atoms with van der Waals surface area (Å²) in [5.41, 5.74) is 0.0850. The van der Waals surface area contributed by atoms with Crippen molar-refractivity contribution in [2.45, 2.75) is 141 Å². The molecule has 0 unspecified atom stereocenters.